The first-order valence-corrected chi connectivity index (χ1v) is 6.56. The molecule has 2 rings (SSSR count). The van der Waals surface area contributed by atoms with Crippen LogP contribution in [0.25, 0.3) is 0 Å². The summed E-state index contributed by atoms with van der Waals surface area (Å²) in [5.41, 5.74) is 8.57. The fraction of sp³-hybridized carbons (Fsp3) is 0.188. The van der Waals surface area contributed by atoms with Crippen molar-refractivity contribution in [3.8, 4) is 0 Å². The van der Waals surface area contributed by atoms with Crippen molar-refractivity contribution in [3.05, 3.63) is 64.2 Å². The van der Waals surface area contributed by atoms with Gasteiger partial charge in [-0.1, -0.05) is 49.7 Å². The zero-order valence-electron chi connectivity index (χ0n) is 11.0. The zero-order valence-corrected chi connectivity index (χ0v) is 11.7. The van der Waals surface area contributed by atoms with Crippen molar-refractivity contribution in [2.45, 2.75) is 19.8 Å². The molecule has 0 saturated carbocycles. The second kappa shape index (κ2) is 5.45. The van der Waals surface area contributed by atoms with Crippen LogP contribution in [-0.2, 0) is 0 Å². The monoisotopic (exact) mass is 273 g/mol. The molecular weight excluding hydrogens is 258 g/mol. The maximum atomic E-state index is 12.3. The van der Waals surface area contributed by atoms with E-state index in [-0.39, 0.29) is 5.78 Å². The highest BCUT2D eigenvalue weighted by Gasteiger charge is 2.11. The highest BCUT2D eigenvalue weighted by molar-refractivity contribution is 6.31. The third-order valence-corrected chi connectivity index (χ3v) is 3.24. The summed E-state index contributed by atoms with van der Waals surface area (Å²) in [7, 11) is 0. The molecular formula is C16H16ClNO. The van der Waals surface area contributed by atoms with E-state index in [2.05, 4.69) is 13.8 Å². The van der Waals surface area contributed by atoms with Gasteiger partial charge in [0.05, 0.1) is 0 Å². The fourth-order valence-corrected chi connectivity index (χ4v) is 2.17. The van der Waals surface area contributed by atoms with E-state index >= 15 is 0 Å². The molecule has 0 radical (unpaired) electrons. The molecule has 98 valence electrons. The van der Waals surface area contributed by atoms with Crippen molar-refractivity contribution in [2.75, 3.05) is 5.73 Å². The van der Waals surface area contributed by atoms with Crippen LogP contribution in [0, 0.1) is 0 Å². The summed E-state index contributed by atoms with van der Waals surface area (Å²) >= 11 is 5.92. The summed E-state index contributed by atoms with van der Waals surface area (Å²) in [4.78, 5) is 12.3. The van der Waals surface area contributed by atoms with Crippen molar-refractivity contribution in [1.29, 1.82) is 0 Å². The van der Waals surface area contributed by atoms with Gasteiger partial charge in [0.2, 0.25) is 0 Å². The van der Waals surface area contributed by atoms with Crippen molar-refractivity contribution >= 4 is 23.1 Å². The largest absolute Gasteiger partial charge is 0.399 e. The first-order valence-electron chi connectivity index (χ1n) is 6.18. The number of nitrogen functional groups attached to an aromatic ring is 1. The average Bonchev–Trinajstić information content (AvgIpc) is 2.37. The summed E-state index contributed by atoms with van der Waals surface area (Å²) < 4.78 is 0. The lowest BCUT2D eigenvalue weighted by Gasteiger charge is -2.07. The second-order valence-electron chi connectivity index (χ2n) is 4.88. The quantitative estimate of drug-likeness (QED) is 0.670. The number of anilines is 1. The van der Waals surface area contributed by atoms with E-state index in [9.17, 15) is 4.79 Å². The molecule has 0 aliphatic heterocycles. The van der Waals surface area contributed by atoms with Gasteiger partial charge in [0.1, 0.15) is 0 Å². The topological polar surface area (TPSA) is 43.1 Å². The van der Waals surface area contributed by atoms with Crippen LogP contribution in [0.1, 0.15) is 41.3 Å². The number of rotatable bonds is 3. The number of halogens is 1. The van der Waals surface area contributed by atoms with Gasteiger partial charge in [-0.2, -0.15) is 0 Å². The molecule has 2 aromatic rings. The van der Waals surface area contributed by atoms with Gasteiger partial charge in [-0.05, 0) is 29.7 Å². The number of hydrogen-bond acceptors (Lipinski definition) is 2. The van der Waals surface area contributed by atoms with E-state index in [0.717, 1.165) is 0 Å². The molecule has 0 bridgehead atoms. The van der Waals surface area contributed by atoms with Crippen LogP contribution in [-0.4, -0.2) is 5.78 Å². The molecule has 2 nitrogen and oxygen atoms in total. The molecule has 3 heteroatoms. The van der Waals surface area contributed by atoms with Crippen LogP contribution in [0.4, 0.5) is 5.69 Å². The number of carbonyl (C=O) groups excluding carboxylic acids is 1. The van der Waals surface area contributed by atoms with Crippen molar-refractivity contribution in [2.24, 2.45) is 0 Å². The van der Waals surface area contributed by atoms with Gasteiger partial charge in [-0.15, -0.1) is 0 Å². The number of nitrogens with two attached hydrogens (primary N) is 1. The van der Waals surface area contributed by atoms with Crippen LogP contribution in [0.2, 0.25) is 5.02 Å². The van der Waals surface area contributed by atoms with Gasteiger partial charge in [-0.25, -0.2) is 0 Å². The van der Waals surface area contributed by atoms with Crippen LogP contribution in [0.3, 0.4) is 0 Å². The van der Waals surface area contributed by atoms with Crippen LogP contribution >= 0.6 is 11.6 Å². The maximum Gasteiger partial charge on any atom is 0.193 e. The van der Waals surface area contributed by atoms with E-state index in [1.165, 1.54) is 5.56 Å². The van der Waals surface area contributed by atoms with Crippen molar-refractivity contribution < 1.29 is 4.79 Å². The lowest BCUT2D eigenvalue weighted by atomic mass is 9.98. The molecule has 0 aromatic heterocycles. The first-order chi connectivity index (χ1) is 8.97. The Morgan fingerprint density at radius 3 is 2.21 bits per heavy atom. The number of ketones is 1. The van der Waals surface area contributed by atoms with E-state index in [1.54, 1.807) is 18.2 Å². The third-order valence-electron chi connectivity index (χ3n) is 3.02. The minimum absolute atomic E-state index is 0.0653. The summed E-state index contributed by atoms with van der Waals surface area (Å²) in [6.07, 6.45) is 0. The Kier molecular flexibility index (Phi) is 3.91. The molecule has 2 aromatic carbocycles. The number of carbonyl (C=O) groups is 1. The van der Waals surface area contributed by atoms with Crippen LogP contribution in [0.5, 0.6) is 0 Å². The average molecular weight is 274 g/mol. The van der Waals surface area contributed by atoms with E-state index in [1.807, 2.05) is 24.3 Å². The van der Waals surface area contributed by atoms with Crippen molar-refractivity contribution in [3.63, 3.8) is 0 Å². The van der Waals surface area contributed by atoms with Gasteiger partial charge in [-0.3, -0.25) is 4.79 Å². The minimum Gasteiger partial charge on any atom is -0.399 e. The zero-order chi connectivity index (χ0) is 14.0. The molecule has 0 saturated heterocycles. The molecule has 0 fully saturated rings. The lowest BCUT2D eigenvalue weighted by Crippen LogP contribution is -2.02. The predicted octanol–water partition coefficient (Wildman–Crippen LogP) is 4.28. The summed E-state index contributed by atoms with van der Waals surface area (Å²) in [5, 5.41) is 0.474. The third kappa shape index (κ3) is 3.15. The molecule has 0 spiro atoms. The van der Waals surface area contributed by atoms with E-state index in [4.69, 9.17) is 17.3 Å². The summed E-state index contributed by atoms with van der Waals surface area (Å²) in [5.74, 6) is 0.385. The first kappa shape index (κ1) is 13.6. The lowest BCUT2D eigenvalue weighted by molar-refractivity contribution is 0.103. The van der Waals surface area contributed by atoms with Gasteiger partial charge >= 0.3 is 0 Å². The minimum atomic E-state index is -0.0653. The smallest absolute Gasteiger partial charge is 0.193 e. The summed E-state index contributed by atoms with van der Waals surface area (Å²) in [6, 6.07) is 12.5. The number of hydrogen-bond donors (Lipinski definition) is 1. The Hall–Kier alpha value is -1.80. The summed E-state index contributed by atoms with van der Waals surface area (Å²) in [6.45, 7) is 4.24. The molecule has 0 amide bonds. The Balaban J connectivity index is 2.33. The maximum absolute atomic E-state index is 12.3. The number of benzene rings is 2. The molecule has 19 heavy (non-hydrogen) atoms. The van der Waals surface area contributed by atoms with Crippen LogP contribution < -0.4 is 5.73 Å². The normalized spacial score (nSPS) is 10.7. The van der Waals surface area contributed by atoms with Gasteiger partial charge < -0.3 is 5.73 Å². The molecule has 2 N–H and O–H groups in total. The molecule has 0 heterocycles. The van der Waals surface area contributed by atoms with Gasteiger partial charge in [0.25, 0.3) is 0 Å². The van der Waals surface area contributed by atoms with E-state index in [0.29, 0.717) is 27.8 Å². The highest BCUT2D eigenvalue weighted by Crippen LogP contribution is 2.21. The Bertz CT molecular complexity index is 582. The van der Waals surface area contributed by atoms with E-state index < -0.39 is 0 Å². The SMILES string of the molecule is CC(C)c1ccc(C(=O)c2cc(N)cc(Cl)c2)cc1. The molecule has 0 unspecified atom stereocenters. The predicted molar refractivity (Wildman–Crippen MR) is 79.8 cm³/mol. The fourth-order valence-electron chi connectivity index (χ4n) is 1.93. The Morgan fingerprint density at radius 1 is 1.05 bits per heavy atom. The van der Waals surface area contributed by atoms with Crippen molar-refractivity contribution in [1.82, 2.24) is 0 Å². The van der Waals surface area contributed by atoms with Crippen LogP contribution in [0.15, 0.2) is 42.5 Å². The highest BCUT2D eigenvalue weighted by atomic mass is 35.5. The molecule has 0 aliphatic carbocycles. The standard InChI is InChI=1S/C16H16ClNO/c1-10(2)11-3-5-12(6-4-11)16(19)13-7-14(17)9-15(18)8-13/h3-10H,18H2,1-2H3. The Morgan fingerprint density at radius 2 is 1.68 bits per heavy atom. The molecule has 0 aliphatic rings. The Labute approximate surface area is 118 Å². The van der Waals surface area contributed by atoms with Gasteiger partial charge in [0, 0.05) is 21.8 Å². The molecule has 0 atom stereocenters. The van der Waals surface area contributed by atoms with Gasteiger partial charge in [0.15, 0.2) is 5.78 Å². The second-order valence-corrected chi connectivity index (χ2v) is 5.32.